The first kappa shape index (κ1) is 12.6. The number of nitrogen functional groups attached to an aromatic ring is 1. The summed E-state index contributed by atoms with van der Waals surface area (Å²) in [4.78, 5) is 22.0. The smallest absolute Gasteiger partial charge is 0.257 e. The van der Waals surface area contributed by atoms with Crippen molar-refractivity contribution in [1.82, 2.24) is 14.9 Å². The Kier molecular flexibility index (Phi) is 3.10. The van der Waals surface area contributed by atoms with Crippen LogP contribution in [0.4, 0.5) is 5.95 Å². The van der Waals surface area contributed by atoms with Gasteiger partial charge in [0.15, 0.2) is 0 Å². The minimum absolute atomic E-state index is 0.00730. The fourth-order valence-corrected chi connectivity index (χ4v) is 2.35. The zero-order valence-corrected chi connectivity index (χ0v) is 11.3. The third-order valence-corrected chi connectivity index (χ3v) is 3.54. The van der Waals surface area contributed by atoms with Crippen LogP contribution in [0.1, 0.15) is 27.2 Å². The standard InChI is InChI=1S/C15H16N4O/c1-10-2-4-11(5-3-10)6-7-19-9-13-12(14(19)20)8-17-15(16)18-13/h2-5,8H,6-7,9H2,1H3,(H2,16,17,18). The lowest BCUT2D eigenvalue weighted by Gasteiger charge is -2.15. The Labute approximate surface area is 117 Å². The second-order valence-electron chi connectivity index (χ2n) is 5.05. The summed E-state index contributed by atoms with van der Waals surface area (Å²) >= 11 is 0. The second-order valence-corrected chi connectivity index (χ2v) is 5.05. The van der Waals surface area contributed by atoms with Gasteiger partial charge in [0.1, 0.15) is 0 Å². The Hall–Kier alpha value is -2.43. The van der Waals surface area contributed by atoms with Crippen LogP contribution in [-0.2, 0) is 13.0 Å². The molecule has 1 amide bonds. The van der Waals surface area contributed by atoms with Crippen molar-refractivity contribution in [1.29, 1.82) is 0 Å². The summed E-state index contributed by atoms with van der Waals surface area (Å²) in [6.45, 7) is 3.26. The van der Waals surface area contributed by atoms with Gasteiger partial charge in [-0.05, 0) is 18.9 Å². The predicted octanol–water partition coefficient (Wildman–Crippen LogP) is 1.57. The molecule has 0 saturated carbocycles. The average molecular weight is 268 g/mol. The maximum atomic E-state index is 12.2. The normalized spacial score (nSPS) is 13.7. The lowest BCUT2D eigenvalue weighted by atomic mass is 10.1. The van der Waals surface area contributed by atoms with Crippen molar-refractivity contribution in [2.24, 2.45) is 0 Å². The van der Waals surface area contributed by atoms with Gasteiger partial charge in [0.05, 0.1) is 17.8 Å². The molecule has 2 heterocycles. The van der Waals surface area contributed by atoms with Gasteiger partial charge in [-0.25, -0.2) is 9.97 Å². The molecule has 1 aromatic carbocycles. The zero-order chi connectivity index (χ0) is 14.1. The Morgan fingerprint density at radius 1 is 1.30 bits per heavy atom. The number of benzene rings is 1. The van der Waals surface area contributed by atoms with E-state index in [0.29, 0.717) is 18.7 Å². The van der Waals surface area contributed by atoms with Crippen LogP contribution in [-0.4, -0.2) is 27.3 Å². The van der Waals surface area contributed by atoms with E-state index in [1.165, 1.54) is 17.3 Å². The quantitative estimate of drug-likeness (QED) is 0.917. The second kappa shape index (κ2) is 4.92. The summed E-state index contributed by atoms with van der Waals surface area (Å²) < 4.78 is 0. The van der Waals surface area contributed by atoms with Crippen molar-refractivity contribution in [2.45, 2.75) is 19.9 Å². The molecule has 3 rings (SSSR count). The van der Waals surface area contributed by atoms with Gasteiger partial charge in [-0.15, -0.1) is 0 Å². The maximum Gasteiger partial charge on any atom is 0.257 e. The first-order valence-electron chi connectivity index (χ1n) is 6.60. The van der Waals surface area contributed by atoms with Crippen molar-refractivity contribution in [3.05, 3.63) is 52.8 Å². The molecule has 20 heavy (non-hydrogen) atoms. The van der Waals surface area contributed by atoms with E-state index in [1.807, 2.05) is 0 Å². The number of carbonyl (C=O) groups excluding carboxylic acids is 1. The van der Waals surface area contributed by atoms with Crippen molar-refractivity contribution >= 4 is 11.9 Å². The van der Waals surface area contributed by atoms with E-state index in [1.54, 1.807) is 4.90 Å². The highest BCUT2D eigenvalue weighted by atomic mass is 16.2. The molecule has 0 unspecified atom stereocenters. The number of rotatable bonds is 3. The molecule has 5 heteroatoms. The van der Waals surface area contributed by atoms with Gasteiger partial charge in [-0.3, -0.25) is 4.79 Å². The van der Waals surface area contributed by atoms with Crippen LogP contribution in [0, 0.1) is 6.92 Å². The average Bonchev–Trinajstić information content (AvgIpc) is 2.74. The number of aromatic nitrogens is 2. The minimum Gasteiger partial charge on any atom is -0.368 e. The van der Waals surface area contributed by atoms with Crippen LogP contribution in [0.2, 0.25) is 0 Å². The van der Waals surface area contributed by atoms with Crippen molar-refractivity contribution < 1.29 is 4.79 Å². The van der Waals surface area contributed by atoms with Gasteiger partial charge in [-0.2, -0.15) is 0 Å². The molecule has 2 aromatic rings. The Bertz CT molecular complexity index is 651. The molecule has 0 radical (unpaired) electrons. The molecule has 0 spiro atoms. The van der Waals surface area contributed by atoms with Crippen LogP contribution >= 0.6 is 0 Å². The minimum atomic E-state index is -0.00730. The van der Waals surface area contributed by atoms with Gasteiger partial charge in [0.25, 0.3) is 5.91 Å². The summed E-state index contributed by atoms with van der Waals surface area (Å²) in [7, 11) is 0. The van der Waals surface area contributed by atoms with Crippen molar-refractivity contribution in [3.63, 3.8) is 0 Å². The van der Waals surface area contributed by atoms with Crippen LogP contribution in [0.15, 0.2) is 30.5 Å². The number of carbonyl (C=O) groups is 1. The molecule has 1 aromatic heterocycles. The van der Waals surface area contributed by atoms with Crippen LogP contribution in [0.5, 0.6) is 0 Å². The number of aryl methyl sites for hydroxylation is 1. The molecule has 0 saturated heterocycles. The van der Waals surface area contributed by atoms with E-state index >= 15 is 0 Å². The largest absolute Gasteiger partial charge is 0.368 e. The molecule has 1 aliphatic heterocycles. The van der Waals surface area contributed by atoms with E-state index < -0.39 is 0 Å². The molecule has 0 atom stereocenters. The third-order valence-electron chi connectivity index (χ3n) is 3.54. The Morgan fingerprint density at radius 2 is 2.05 bits per heavy atom. The van der Waals surface area contributed by atoms with Crippen LogP contribution in [0.25, 0.3) is 0 Å². The number of amides is 1. The van der Waals surface area contributed by atoms with Gasteiger partial charge in [0.2, 0.25) is 5.95 Å². The van der Waals surface area contributed by atoms with E-state index in [-0.39, 0.29) is 11.9 Å². The Morgan fingerprint density at radius 3 is 2.80 bits per heavy atom. The molecule has 0 fully saturated rings. The number of hydrogen-bond donors (Lipinski definition) is 1. The van der Waals surface area contributed by atoms with Crippen molar-refractivity contribution in [2.75, 3.05) is 12.3 Å². The molecule has 1 aliphatic rings. The monoisotopic (exact) mass is 268 g/mol. The molecule has 0 aliphatic carbocycles. The lowest BCUT2D eigenvalue weighted by Crippen LogP contribution is -2.26. The van der Waals surface area contributed by atoms with Gasteiger partial charge in [-0.1, -0.05) is 29.8 Å². The van der Waals surface area contributed by atoms with Crippen LogP contribution < -0.4 is 5.73 Å². The fraction of sp³-hybridized carbons (Fsp3) is 0.267. The molecule has 2 N–H and O–H groups in total. The number of nitrogens with two attached hydrogens (primary N) is 1. The number of anilines is 1. The number of nitrogens with zero attached hydrogens (tertiary/aromatic N) is 3. The number of fused-ring (bicyclic) bond motifs is 1. The highest BCUT2D eigenvalue weighted by Gasteiger charge is 2.28. The fourth-order valence-electron chi connectivity index (χ4n) is 2.35. The molecule has 0 bridgehead atoms. The topological polar surface area (TPSA) is 72.1 Å². The molecular formula is C15H16N4O. The molecule has 5 nitrogen and oxygen atoms in total. The van der Waals surface area contributed by atoms with E-state index in [2.05, 4.69) is 41.2 Å². The van der Waals surface area contributed by atoms with E-state index in [9.17, 15) is 4.79 Å². The first-order chi connectivity index (χ1) is 9.63. The third kappa shape index (κ3) is 2.34. The summed E-state index contributed by atoms with van der Waals surface area (Å²) in [5, 5.41) is 0. The molecular weight excluding hydrogens is 252 g/mol. The SMILES string of the molecule is Cc1ccc(CCN2Cc3nc(N)ncc3C2=O)cc1. The number of hydrogen-bond acceptors (Lipinski definition) is 4. The van der Waals surface area contributed by atoms with E-state index in [0.717, 1.165) is 12.1 Å². The summed E-state index contributed by atoms with van der Waals surface area (Å²) in [6.07, 6.45) is 2.36. The Balaban J connectivity index is 1.68. The van der Waals surface area contributed by atoms with Crippen LogP contribution in [0.3, 0.4) is 0 Å². The summed E-state index contributed by atoms with van der Waals surface area (Å²) in [5.74, 6) is 0.212. The van der Waals surface area contributed by atoms with Crippen molar-refractivity contribution in [3.8, 4) is 0 Å². The highest BCUT2D eigenvalue weighted by molar-refractivity contribution is 5.97. The zero-order valence-electron chi connectivity index (χ0n) is 11.3. The summed E-state index contributed by atoms with van der Waals surface area (Å²) in [5.41, 5.74) is 9.32. The maximum absolute atomic E-state index is 12.2. The van der Waals surface area contributed by atoms with Gasteiger partial charge >= 0.3 is 0 Å². The lowest BCUT2D eigenvalue weighted by molar-refractivity contribution is 0.0780. The highest BCUT2D eigenvalue weighted by Crippen LogP contribution is 2.21. The van der Waals surface area contributed by atoms with E-state index in [4.69, 9.17) is 5.73 Å². The van der Waals surface area contributed by atoms with Gasteiger partial charge < -0.3 is 10.6 Å². The van der Waals surface area contributed by atoms with Gasteiger partial charge in [0, 0.05) is 12.7 Å². The predicted molar refractivity (Wildman–Crippen MR) is 76.1 cm³/mol. The first-order valence-corrected chi connectivity index (χ1v) is 6.60. The summed E-state index contributed by atoms with van der Waals surface area (Å²) in [6, 6.07) is 8.37. The molecule has 102 valence electrons.